The van der Waals surface area contributed by atoms with Gasteiger partial charge in [0.15, 0.2) is 0 Å². The third-order valence-corrected chi connectivity index (χ3v) is 3.19. The summed E-state index contributed by atoms with van der Waals surface area (Å²) < 4.78 is 0. The van der Waals surface area contributed by atoms with E-state index in [9.17, 15) is 9.59 Å². The van der Waals surface area contributed by atoms with Gasteiger partial charge in [-0.2, -0.15) is 0 Å². The highest BCUT2D eigenvalue weighted by molar-refractivity contribution is 5.81. The SMILES string of the molecule is CCC(NCCCC(NC(C)=O)C(=O)O)C(C)(C)C. The predicted molar refractivity (Wildman–Crippen MR) is 76.0 cm³/mol. The van der Waals surface area contributed by atoms with Crippen LogP contribution in [0, 0.1) is 5.41 Å². The van der Waals surface area contributed by atoms with Crippen LogP contribution < -0.4 is 10.6 Å². The molecular weight excluding hydrogens is 244 g/mol. The molecular formula is C14H28N2O3. The van der Waals surface area contributed by atoms with E-state index in [0.717, 1.165) is 19.4 Å². The summed E-state index contributed by atoms with van der Waals surface area (Å²) in [4.78, 5) is 21.8. The molecule has 0 heterocycles. The zero-order valence-electron chi connectivity index (χ0n) is 12.7. The first-order chi connectivity index (χ1) is 8.68. The van der Waals surface area contributed by atoms with Gasteiger partial charge in [0.25, 0.3) is 0 Å². The van der Waals surface area contributed by atoms with Crippen LogP contribution in [-0.2, 0) is 9.59 Å². The van der Waals surface area contributed by atoms with Gasteiger partial charge in [0, 0.05) is 13.0 Å². The third-order valence-electron chi connectivity index (χ3n) is 3.19. The Morgan fingerprint density at radius 1 is 1.26 bits per heavy atom. The van der Waals surface area contributed by atoms with Gasteiger partial charge in [0.05, 0.1) is 0 Å². The number of carbonyl (C=O) groups is 2. The van der Waals surface area contributed by atoms with E-state index in [-0.39, 0.29) is 11.3 Å². The molecule has 112 valence electrons. The van der Waals surface area contributed by atoms with Gasteiger partial charge < -0.3 is 15.7 Å². The highest BCUT2D eigenvalue weighted by Crippen LogP contribution is 2.21. The normalized spacial score (nSPS) is 14.8. The molecule has 5 nitrogen and oxygen atoms in total. The standard InChI is InChI=1S/C14H28N2O3/c1-6-12(14(3,4)5)15-9-7-8-11(13(18)19)16-10(2)17/h11-12,15H,6-9H2,1-5H3,(H,16,17)(H,18,19). The van der Waals surface area contributed by atoms with Crippen molar-refractivity contribution in [3.8, 4) is 0 Å². The van der Waals surface area contributed by atoms with Gasteiger partial charge in [0.1, 0.15) is 6.04 Å². The van der Waals surface area contributed by atoms with Gasteiger partial charge in [-0.3, -0.25) is 4.79 Å². The van der Waals surface area contributed by atoms with Crippen molar-refractivity contribution in [2.75, 3.05) is 6.54 Å². The number of rotatable bonds is 8. The molecule has 0 saturated heterocycles. The smallest absolute Gasteiger partial charge is 0.326 e. The second-order valence-corrected chi connectivity index (χ2v) is 6.01. The Morgan fingerprint density at radius 2 is 1.84 bits per heavy atom. The molecule has 1 amide bonds. The molecule has 0 fully saturated rings. The Morgan fingerprint density at radius 3 is 2.21 bits per heavy atom. The van der Waals surface area contributed by atoms with Crippen LogP contribution in [-0.4, -0.2) is 35.6 Å². The van der Waals surface area contributed by atoms with E-state index in [4.69, 9.17) is 5.11 Å². The van der Waals surface area contributed by atoms with Crippen molar-refractivity contribution in [1.29, 1.82) is 0 Å². The number of hydrogen-bond donors (Lipinski definition) is 3. The van der Waals surface area contributed by atoms with Gasteiger partial charge in [-0.05, 0) is 31.2 Å². The molecule has 5 heteroatoms. The fraction of sp³-hybridized carbons (Fsp3) is 0.857. The lowest BCUT2D eigenvalue weighted by Crippen LogP contribution is -2.42. The summed E-state index contributed by atoms with van der Waals surface area (Å²) in [5, 5.41) is 14.9. The first-order valence-corrected chi connectivity index (χ1v) is 6.91. The molecule has 2 atom stereocenters. The summed E-state index contributed by atoms with van der Waals surface area (Å²) in [6.07, 6.45) is 2.21. The minimum atomic E-state index is -0.974. The first kappa shape index (κ1) is 17.9. The van der Waals surface area contributed by atoms with Crippen LogP contribution in [0.2, 0.25) is 0 Å². The quantitative estimate of drug-likeness (QED) is 0.588. The monoisotopic (exact) mass is 272 g/mol. The van der Waals surface area contributed by atoms with Crippen LogP contribution in [0.15, 0.2) is 0 Å². The highest BCUT2D eigenvalue weighted by Gasteiger charge is 2.22. The summed E-state index contributed by atoms with van der Waals surface area (Å²) >= 11 is 0. The maximum Gasteiger partial charge on any atom is 0.326 e. The van der Waals surface area contributed by atoms with Crippen molar-refractivity contribution in [2.45, 2.75) is 66.0 Å². The fourth-order valence-corrected chi connectivity index (χ4v) is 2.15. The lowest BCUT2D eigenvalue weighted by molar-refractivity contribution is -0.141. The zero-order valence-corrected chi connectivity index (χ0v) is 12.7. The number of carbonyl (C=O) groups excluding carboxylic acids is 1. The lowest BCUT2D eigenvalue weighted by atomic mass is 9.85. The van der Waals surface area contributed by atoms with Crippen molar-refractivity contribution in [3.63, 3.8) is 0 Å². The molecule has 2 unspecified atom stereocenters. The number of hydrogen-bond acceptors (Lipinski definition) is 3. The molecule has 0 aromatic rings. The molecule has 0 radical (unpaired) electrons. The van der Waals surface area contributed by atoms with Gasteiger partial charge >= 0.3 is 5.97 Å². The highest BCUT2D eigenvalue weighted by atomic mass is 16.4. The number of carboxylic acid groups (broad SMARTS) is 1. The lowest BCUT2D eigenvalue weighted by Gasteiger charge is -2.31. The van der Waals surface area contributed by atoms with E-state index in [1.54, 1.807) is 0 Å². The van der Waals surface area contributed by atoms with Crippen molar-refractivity contribution in [2.24, 2.45) is 5.41 Å². The molecule has 0 aliphatic carbocycles. The molecule has 0 bridgehead atoms. The molecule has 0 spiro atoms. The Bertz CT molecular complexity index is 298. The van der Waals surface area contributed by atoms with Gasteiger partial charge in [-0.25, -0.2) is 4.79 Å². The van der Waals surface area contributed by atoms with Crippen molar-refractivity contribution >= 4 is 11.9 Å². The third kappa shape index (κ3) is 7.82. The number of carboxylic acids is 1. The number of aliphatic carboxylic acids is 1. The molecule has 0 saturated carbocycles. The van der Waals surface area contributed by atoms with Crippen LogP contribution in [0.1, 0.15) is 53.9 Å². The van der Waals surface area contributed by atoms with Crippen molar-refractivity contribution < 1.29 is 14.7 Å². The van der Waals surface area contributed by atoms with E-state index in [0.29, 0.717) is 12.5 Å². The molecule has 0 aromatic carbocycles. The number of nitrogens with one attached hydrogen (secondary N) is 2. The fourth-order valence-electron chi connectivity index (χ4n) is 2.15. The molecule has 0 rings (SSSR count). The van der Waals surface area contributed by atoms with Crippen LogP contribution >= 0.6 is 0 Å². The van der Waals surface area contributed by atoms with Crippen LogP contribution in [0.3, 0.4) is 0 Å². The second kappa shape index (κ2) is 8.15. The number of amides is 1. The van der Waals surface area contributed by atoms with Gasteiger partial charge in [0.2, 0.25) is 5.91 Å². The molecule has 0 aromatic heterocycles. The van der Waals surface area contributed by atoms with Crippen LogP contribution in [0.25, 0.3) is 0 Å². The second-order valence-electron chi connectivity index (χ2n) is 6.01. The molecule has 3 N–H and O–H groups in total. The van der Waals surface area contributed by atoms with Gasteiger partial charge in [-0.1, -0.05) is 27.7 Å². The average molecular weight is 272 g/mol. The Hall–Kier alpha value is -1.10. The van der Waals surface area contributed by atoms with E-state index in [2.05, 4.69) is 38.3 Å². The van der Waals surface area contributed by atoms with Crippen LogP contribution in [0.5, 0.6) is 0 Å². The Kier molecular flexibility index (Phi) is 7.68. The van der Waals surface area contributed by atoms with E-state index >= 15 is 0 Å². The average Bonchev–Trinajstić information content (AvgIpc) is 2.24. The minimum Gasteiger partial charge on any atom is -0.480 e. The summed E-state index contributed by atoms with van der Waals surface area (Å²) in [6, 6.07) is -0.370. The molecule has 0 aliphatic heterocycles. The maximum absolute atomic E-state index is 10.9. The zero-order chi connectivity index (χ0) is 15.1. The summed E-state index contributed by atoms with van der Waals surface area (Å²) in [5.74, 6) is -1.28. The van der Waals surface area contributed by atoms with E-state index in [1.165, 1.54) is 6.92 Å². The maximum atomic E-state index is 10.9. The van der Waals surface area contributed by atoms with E-state index < -0.39 is 12.0 Å². The molecule has 0 aliphatic rings. The van der Waals surface area contributed by atoms with Crippen LogP contribution in [0.4, 0.5) is 0 Å². The largest absolute Gasteiger partial charge is 0.480 e. The van der Waals surface area contributed by atoms with Crippen molar-refractivity contribution in [3.05, 3.63) is 0 Å². The van der Waals surface area contributed by atoms with Crippen molar-refractivity contribution in [1.82, 2.24) is 10.6 Å². The minimum absolute atomic E-state index is 0.193. The van der Waals surface area contributed by atoms with Gasteiger partial charge in [-0.15, -0.1) is 0 Å². The first-order valence-electron chi connectivity index (χ1n) is 6.91. The van der Waals surface area contributed by atoms with E-state index in [1.807, 2.05) is 0 Å². The summed E-state index contributed by atoms with van der Waals surface area (Å²) in [5.41, 5.74) is 0.193. The predicted octanol–water partition coefficient (Wildman–Crippen LogP) is 1.77. The Balaban J connectivity index is 4.06. The Labute approximate surface area is 116 Å². The summed E-state index contributed by atoms with van der Waals surface area (Å²) in [6.45, 7) is 10.8. The molecule has 19 heavy (non-hydrogen) atoms. The topological polar surface area (TPSA) is 78.4 Å². The summed E-state index contributed by atoms with van der Waals surface area (Å²) in [7, 11) is 0.